The maximum atomic E-state index is 6.10. The van der Waals surface area contributed by atoms with Crippen molar-refractivity contribution in [2.45, 2.75) is 6.61 Å². The molecule has 0 bridgehead atoms. The van der Waals surface area contributed by atoms with E-state index in [0.717, 1.165) is 33.7 Å². The van der Waals surface area contributed by atoms with E-state index in [1.807, 2.05) is 72.8 Å². The zero-order valence-corrected chi connectivity index (χ0v) is 15.9. The van der Waals surface area contributed by atoms with Crippen LogP contribution in [0.15, 0.2) is 79.1 Å². The Bertz CT molecular complexity index is 1020. The standard InChI is InChI=1S/C21H16ClN3O.ClH/c22-16-6-11-20-19(12-16)21(24-14-23-20)25-17-7-9-18(10-8-17)26-13-15-4-2-1-3-5-15;/h1-12,14H,13H2,(H,23,24,25);1H. The number of hydrogen-bond donors (Lipinski definition) is 1. The molecule has 27 heavy (non-hydrogen) atoms. The molecule has 4 rings (SSSR count). The van der Waals surface area contributed by atoms with Gasteiger partial charge in [-0.05, 0) is 48.0 Å². The first-order valence-electron chi connectivity index (χ1n) is 8.22. The van der Waals surface area contributed by atoms with Gasteiger partial charge in [0.15, 0.2) is 0 Å². The highest BCUT2D eigenvalue weighted by molar-refractivity contribution is 6.31. The summed E-state index contributed by atoms with van der Waals surface area (Å²) in [6.45, 7) is 0.544. The van der Waals surface area contributed by atoms with Gasteiger partial charge in [0.05, 0.1) is 5.52 Å². The molecule has 0 aliphatic heterocycles. The molecule has 0 fully saturated rings. The van der Waals surface area contributed by atoms with Crippen molar-refractivity contribution in [1.82, 2.24) is 9.97 Å². The van der Waals surface area contributed by atoms with Crippen LogP contribution in [0.2, 0.25) is 5.02 Å². The summed E-state index contributed by atoms with van der Waals surface area (Å²) >= 11 is 6.10. The lowest BCUT2D eigenvalue weighted by molar-refractivity contribution is 0.306. The number of nitrogens with one attached hydrogen (secondary N) is 1. The van der Waals surface area contributed by atoms with Gasteiger partial charge in [-0.2, -0.15) is 0 Å². The van der Waals surface area contributed by atoms with E-state index in [4.69, 9.17) is 16.3 Å². The molecule has 0 amide bonds. The normalized spacial score (nSPS) is 10.3. The number of anilines is 2. The van der Waals surface area contributed by atoms with Crippen LogP contribution in [0.4, 0.5) is 11.5 Å². The second-order valence-electron chi connectivity index (χ2n) is 5.81. The average Bonchev–Trinajstić information content (AvgIpc) is 2.69. The topological polar surface area (TPSA) is 47.0 Å². The average molecular weight is 398 g/mol. The molecular weight excluding hydrogens is 381 g/mol. The molecule has 0 aliphatic carbocycles. The van der Waals surface area contributed by atoms with Gasteiger partial charge >= 0.3 is 0 Å². The van der Waals surface area contributed by atoms with Gasteiger partial charge in [0.1, 0.15) is 24.5 Å². The summed E-state index contributed by atoms with van der Waals surface area (Å²) in [6, 6.07) is 23.4. The van der Waals surface area contributed by atoms with Gasteiger partial charge in [-0.1, -0.05) is 41.9 Å². The third-order valence-corrected chi connectivity index (χ3v) is 4.20. The molecule has 0 atom stereocenters. The van der Waals surface area contributed by atoms with E-state index in [2.05, 4.69) is 15.3 Å². The van der Waals surface area contributed by atoms with E-state index >= 15 is 0 Å². The summed E-state index contributed by atoms with van der Waals surface area (Å²) in [6.07, 6.45) is 1.54. The Kier molecular flexibility index (Phi) is 6.12. The summed E-state index contributed by atoms with van der Waals surface area (Å²) in [5.74, 6) is 1.53. The molecular formula is C21H17Cl2N3O. The van der Waals surface area contributed by atoms with E-state index in [1.54, 1.807) is 0 Å². The molecule has 1 heterocycles. The Labute approximate surface area is 168 Å². The van der Waals surface area contributed by atoms with Gasteiger partial charge in [0.2, 0.25) is 0 Å². The van der Waals surface area contributed by atoms with Crippen molar-refractivity contribution in [3.8, 4) is 5.75 Å². The van der Waals surface area contributed by atoms with Gasteiger partial charge < -0.3 is 10.1 Å². The number of halogens is 2. The number of aromatic nitrogens is 2. The first-order chi connectivity index (χ1) is 12.8. The fourth-order valence-corrected chi connectivity index (χ4v) is 2.81. The third kappa shape index (κ3) is 4.67. The van der Waals surface area contributed by atoms with Crippen LogP contribution in [-0.4, -0.2) is 9.97 Å². The van der Waals surface area contributed by atoms with Gasteiger partial charge in [0, 0.05) is 16.1 Å². The van der Waals surface area contributed by atoms with Crippen molar-refractivity contribution >= 4 is 46.4 Å². The molecule has 0 saturated heterocycles. The largest absolute Gasteiger partial charge is 0.489 e. The van der Waals surface area contributed by atoms with Crippen molar-refractivity contribution in [1.29, 1.82) is 0 Å². The quantitative estimate of drug-likeness (QED) is 0.446. The van der Waals surface area contributed by atoms with Crippen LogP contribution in [0.1, 0.15) is 5.56 Å². The fraction of sp³-hybridized carbons (Fsp3) is 0.0476. The number of nitrogens with zero attached hydrogens (tertiary/aromatic N) is 2. The molecule has 0 unspecified atom stereocenters. The molecule has 4 aromatic rings. The van der Waals surface area contributed by atoms with Crippen LogP contribution in [0.3, 0.4) is 0 Å². The van der Waals surface area contributed by atoms with Crippen molar-refractivity contribution in [2.24, 2.45) is 0 Å². The van der Waals surface area contributed by atoms with Crippen LogP contribution >= 0.6 is 24.0 Å². The Hall–Kier alpha value is -2.82. The summed E-state index contributed by atoms with van der Waals surface area (Å²) in [4.78, 5) is 8.59. The number of ether oxygens (including phenoxy) is 1. The Morgan fingerprint density at radius 3 is 2.44 bits per heavy atom. The SMILES string of the molecule is Cl.Clc1ccc2ncnc(Nc3ccc(OCc4ccccc4)cc3)c2c1. The molecule has 3 aromatic carbocycles. The molecule has 0 saturated carbocycles. The van der Waals surface area contributed by atoms with E-state index < -0.39 is 0 Å². The minimum absolute atomic E-state index is 0. The van der Waals surface area contributed by atoms with E-state index in [0.29, 0.717) is 11.6 Å². The zero-order chi connectivity index (χ0) is 17.8. The fourth-order valence-electron chi connectivity index (χ4n) is 2.64. The molecule has 6 heteroatoms. The van der Waals surface area contributed by atoms with Crippen LogP contribution in [-0.2, 0) is 6.61 Å². The van der Waals surface area contributed by atoms with Gasteiger partial charge in [-0.15, -0.1) is 12.4 Å². The van der Waals surface area contributed by atoms with Crippen molar-refractivity contribution in [3.63, 3.8) is 0 Å². The molecule has 0 aliphatic rings. The zero-order valence-electron chi connectivity index (χ0n) is 14.3. The Morgan fingerprint density at radius 1 is 0.889 bits per heavy atom. The van der Waals surface area contributed by atoms with E-state index in [-0.39, 0.29) is 12.4 Å². The smallest absolute Gasteiger partial charge is 0.141 e. The van der Waals surface area contributed by atoms with E-state index in [9.17, 15) is 0 Å². The minimum Gasteiger partial charge on any atom is -0.489 e. The van der Waals surface area contributed by atoms with Crippen LogP contribution in [0.5, 0.6) is 5.75 Å². The number of rotatable bonds is 5. The van der Waals surface area contributed by atoms with Gasteiger partial charge in [-0.3, -0.25) is 0 Å². The van der Waals surface area contributed by atoms with Crippen LogP contribution in [0, 0.1) is 0 Å². The van der Waals surface area contributed by atoms with Crippen molar-refractivity contribution < 1.29 is 4.74 Å². The monoisotopic (exact) mass is 397 g/mol. The molecule has 4 nitrogen and oxygen atoms in total. The lowest BCUT2D eigenvalue weighted by Crippen LogP contribution is -1.97. The summed E-state index contributed by atoms with van der Waals surface area (Å²) in [7, 11) is 0. The predicted octanol–water partition coefficient (Wildman–Crippen LogP) is 6.03. The maximum Gasteiger partial charge on any atom is 0.141 e. The first-order valence-corrected chi connectivity index (χ1v) is 8.60. The highest BCUT2D eigenvalue weighted by atomic mass is 35.5. The van der Waals surface area contributed by atoms with Crippen LogP contribution in [0.25, 0.3) is 10.9 Å². The van der Waals surface area contributed by atoms with Crippen molar-refractivity contribution in [2.75, 3.05) is 5.32 Å². The predicted molar refractivity (Wildman–Crippen MR) is 112 cm³/mol. The molecule has 0 radical (unpaired) electrons. The van der Waals surface area contributed by atoms with Gasteiger partial charge in [0.25, 0.3) is 0 Å². The molecule has 136 valence electrons. The van der Waals surface area contributed by atoms with Gasteiger partial charge in [-0.25, -0.2) is 9.97 Å². The second-order valence-corrected chi connectivity index (χ2v) is 6.24. The van der Waals surface area contributed by atoms with E-state index in [1.165, 1.54) is 6.33 Å². The first kappa shape index (κ1) is 19.0. The summed E-state index contributed by atoms with van der Waals surface area (Å²) in [5, 5.41) is 4.84. The Balaban J connectivity index is 0.00000210. The lowest BCUT2D eigenvalue weighted by Gasteiger charge is -2.10. The summed E-state index contributed by atoms with van der Waals surface area (Å²) in [5.41, 5.74) is 2.89. The summed E-state index contributed by atoms with van der Waals surface area (Å²) < 4.78 is 5.81. The highest BCUT2D eigenvalue weighted by Gasteiger charge is 2.05. The molecule has 1 N–H and O–H groups in total. The number of benzene rings is 3. The second kappa shape index (κ2) is 8.71. The molecule has 1 aromatic heterocycles. The Morgan fingerprint density at radius 2 is 1.67 bits per heavy atom. The third-order valence-electron chi connectivity index (χ3n) is 3.96. The van der Waals surface area contributed by atoms with Crippen LogP contribution < -0.4 is 10.1 Å². The number of fused-ring (bicyclic) bond motifs is 1. The molecule has 0 spiro atoms. The minimum atomic E-state index is 0. The maximum absolute atomic E-state index is 6.10. The number of hydrogen-bond acceptors (Lipinski definition) is 4. The van der Waals surface area contributed by atoms with Crippen molar-refractivity contribution in [3.05, 3.63) is 89.7 Å². The highest BCUT2D eigenvalue weighted by Crippen LogP contribution is 2.26. The lowest BCUT2D eigenvalue weighted by atomic mass is 10.2.